The lowest BCUT2D eigenvalue weighted by Crippen LogP contribution is -2.39. The van der Waals surface area contributed by atoms with E-state index in [1.165, 1.54) is 0 Å². The highest BCUT2D eigenvalue weighted by Gasteiger charge is 2.04. The van der Waals surface area contributed by atoms with E-state index < -0.39 is 0 Å². The zero-order chi connectivity index (χ0) is 12.0. The fourth-order valence-electron chi connectivity index (χ4n) is 0.946. The van der Waals surface area contributed by atoms with Crippen molar-refractivity contribution in [3.63, 3.8) is 0 Å². The summed E-state index contributed by atoms with van der Waals surface area (Å²) in [4.78, 5) is 23.1. The van der Waals surface area contributed by atoms with Gasteiger partial charge in [-0.1, -0.05) is 0 Å². The minimum absolute atomic E-state index is 0.0391. The van der Waals surface area contributed by atoms with E-state index in [-0.39, 0.29) is 24.9 Å². The molecule has 0 saturated heterocycles. The maximum absolute atomic E-state index is 11.3. The zero-order valence-electron chi connectivity index (χ0n) is 8.46. The lowest BCUT2D eigenvalue weighted by molar-refractivity contribution is -0.125. The minimum atomic E-state index is -0.339. The van der Waals surface area contributed by atoms with Crippen LogP contribution in [-0.2, 0) is 16.1 Å². The van der Waals surface area contributed by atoms with Crippen molar-refractivity contribution in [3.05, 3.63) is 20.8 Å². The van der Waals surface area contributed by atoms with Crippen LogP contribution in [0.25, 0.3) is 0 Å². The standard InChI is InChI=1S/C9H12BrN3O2S/c10-7-2-1-6(16-7)4-12-9(15)5-13-8(14)3-11/h1-2H,3-5,11H2,(H,12,15)(H,13,14). The van der Waals surface area contributed by atoms with E-state index in [4.69, 9.17) is 5.73 Å². The first-order valence-corrected chi connectivity index (χ1v) is 6.20. The van der Waals surface area contributed by atoms with E-state index in [1.807, 2.05) is 12.1 Å². The third-order valence-corrected chi connectivity index (χ3v) is 3.34. The van der Waals surface area contributed by atoms with Gasteiger partial charge in [-0.25, -0.2) is 0 Å². The van der Waals surface area contributed by atoms with E-state index in [1.54, 1.807) is 11.3 Å². The number of halogens is 1. The van der Waals surface area contributed by atoms with Crippen molar-refractivity contribution < 1.29 is 9.59 Å². The Morgan fingerprint density at radius 3 is 2.62 bits per heavy atom. The number of hydrogen-bond donors (Lipinski definition) is 3. The Bertz CT molecular complexity index is 381. The summed E-state index contributed by atoms with van der Waals surface area (Å²) in [6.45, 7) is 0.321. The fourth-order valence-corrected chi connectivity index (χ4v) is 2.37. The van der Waals surface area contributed by atoms with Crippen molar-refractivity contribution in [1.82, 2.24) is 10.6 Å². The predicted molar refractivity (Wildman–Crippen MR) is 65.9 cm³/mol. The van der Waals surface area contributed by atoms with Crippen molar-refractivity contribution in [2.45, 2.75) is 6.54 Å². The number of hydrogen-bond acceptors (Lipinski definition) is 4. The summed E-state index contributed by atoms with van der Waals surface area (Å²) in [5.74, 6) is -0.569. The van der Waals surface area contributed by atoms with Gasteiger partial charge in [-0.3, -0.25) is 9.59 Å². The molecule has 0 spiro atoms. The van der Waals surface area contributed by atoms with Crippen LogP contribution in [0.3, 0.4) is 0 Å². The van der Waals surface area contributed by atoms with Gasteiger partial charge in [0.1, 0.15) is 0 Å². The molecule has 1 aromatic rings. The van der Waals surface area contributed by atoms with Gasteiger partial charge in [0.25, 0.3) is 0 Å². The summed E-state index contributed by atoms with van der Waals surface area (Å²) in [6.07, 6.45) is 0. The molecule has 88 valence electrons. The van der Waals surface area contributed by atoms with E-state index in [0.717, 1.165) is 8.66 Å². The first-order valence-electron chi connectivity index (χ1n) is 4.59. The number of nitrogens with two attached hydrogens (primary N) is 1. The molecule has 0 bridgehead atoms. The summed E-state index contributed by atoms with van der Waals surface area (Å²) < 4.78 is 1.02. The maximum atomic E-state index is 11.3. The highest BCUT2D eigenvalue weighted by Crippen LogP contribution is 2.21. The van der Waals surface area contributed by atoms with Gasteiger partial charge < -0.3 is 16.4 Å². The second kappa shape index (κ2) is 6.62. The van der Waals surface area contributed by atoms with Crippen LogP contribution in [0.15, 0.2) is 15.9 Å². The fraction of sp³-hybridized carbons (Fsp3) is 0.333. The average Bonchev–Trinajstić information content (AvgIpc) is 2.69. The Balaban J connectivity index is 2.22. The Labute approximate surface area is 106 Å². The Morgan fingerprint density at radius 1 is 1.31 bits per heavy atom. The molecule has 0 aliphatic rings. The van der Waals surface area contributed by atoms with Crippen LogP contribution >= 0.6 is 27.3 Å². The Kier molecular flexibility index (Phi) is 5.44. The van der Waals surface area contributed by atoms with E-state index >= 15 is 0 Å². The van der Waals surface area contributed by atoms with E-state index in [9.17, 15) is 9.59 Å². The lowest BCUT2D eigenvalue weighted by atomic mass is 10.4. The van der Waals surface area contributed by atoms with Crippen LogP contribution in [0.4, 0.5) is 0 Å². The monoisotopic (exact) mass is 305 g/mol. The number of rotatable bonds is 5. The summed E-state index contributed by atoms with van der Waals surface area (Å²) in [7, 11) is 0. The Hall–Kier alpha value is -0.920. The third-order valence-electron chi connectivity index (χ3n) is 1.72. The van der Waals surface area contributed by atoms with Crippen LogP contribution in [-0.4, -0.2) is 24.9 Å². The molecule has 2 amide bonds. The molecule has 0 unspecified atom stereocenters. The van der Waals surface area contributed by atoms with Crippen molar-refractivity contribution >= 4 is 39.1 Å². The molecule has 0 fully saturated rings. The molecule has 0 aliphatic heterocycles. The van der Waals surface area contributed by atoms with Gasteiger partial charge in [0, 0.05) is 4.88 Å². The molecule has 1 heterocycles. The molecule has 0 aliphatic carbocycles. The number of carbonyl (C=O) groups excluding carboxylic acids is 2. The molecule has 0 saturated carbocycles. The first-order chi connectivity index (χ1) is 7.61. The normalized spacial score (nSPS) is 9.88. The van der Waals surface area contributed by atoms with Crippen molar-refractivity contribution in [2.24, 2.45) is 5.73 Å². The van der Waals surface area contributed by atoms with Crippen molar-refractivity contribution in [2.75, 3.05) is 13.1 Å². The summed E-state index contributed by atoms with van der Waals surface area (Å²) in [5, 5.41) is 5.08. The van der Waals surface area contributed by atoms with Gasteiger partial charge >= 0.3 is 0 Å². The van der Waals surface area contributed by atoms with Gasteiger partial charge in [0.15, 0.2) is 0 Å². The van der Waals surface area contributed by atoms with Crippen LogP contribution in [0.2, 0.25) is 0 Å². The molecule has 4 N–H and O–H groups in total. The Morgan fingerprint density at radius 2 is 2.06 bits per heavy atom. The summed E-state index contributed by atoms with van der Waals surface area (Å²) in [6, 6.07) is 3.84. The molecule has 0 radical (unpaired) electrons. The lowest BCUT2D eigenvalue weighted by Gasteiger charge is -2.04. The molecule has 5 nitrogen and oxygen atoms in total. The highest BCUT2D eigenvalue weighted by molar-refractivity contribution is 9.11. The SMILES string of the molecule is NCC(=O)NCC(=O)NCc1ccc(Br)s1. The molecule has 1 rings (SSSR count). The molecule has 7 heteroatoms. The number of thiophene rings is 1. The first kappa shape index (κ1) is 13.1. The average molecular weight is 306 g/mol. The highest BCUT2D eigenvalue weighted by atomic mass is 79.9. The zero-order valence-corrected chi connectivity index (χ0v) is 10.9. The molecular weight excluding hydrogens is 294 g/mol. The van der Waals surface area contributed by atoms with Gasteiger partial charge in [0.2, 0.25) is 11.8 Å². The van der Waals surface area contributed by atoms with Crippen LogP contribution in [0.5, 0.6) is 0 Å². The quantitative estimate of drug-likeness (QED) is 0.727. The van der Waals surface area contributed by atoms with Gasteiger partial charge in [-0.15, -0.1) is 11.3 Å². The van der Waals surface area contributed by atoms with Crippen LogP contribution in [0.1, 0.15) is 4.88 Å². The molecule has 16 heavy (non-hydrogen) atoms. The van der Waals surface area contributed by atoms with Gasteiger partial charge in [0.05, 0.1) is 23.4 Å². The largest absolute Gasteiger partial charge is 0.350 e. The van der Waals surface area contributed by atoms with Crippen molar-refractivity contribution in [3.8, 4) is 0 Å². The summed E-state index contributed by atoms with van der Waals surface area (Å²) >= 11 is 4.89. The van der Waals surface area contributed by atoms with Crippen molar-refractivity contribution in [1.29, 1.82) is 0 Å². The van der Waals surface area contributed by atoms with Gasteiger partial charge in [-0.2, -0.15) is 0 Å². The topological polar surface area (TPSA) is 84.2 Å². The second-order valence-corrected chi connectivity index (χ2v) is 5.51. The number of carbonyl (C=O) groups is 2. The second-order valence-electron chi connectivity index (χ2n) is 2.96. The number of nitrogens with one attached hydrogen (secondary N) is 2. The van der Waals surface area contributed by atoms with Gasteiger partial charge in [-0.05, 0) is 28.1 Å². The minimum Gasteiger partial charge on any atom is -0.350 e. The maximum Gasteiger partial charge on any atom is 0.239 e. The van der Waals surface area contributed by atoms with Crippen LogP contribution in [0, 0.1) is 0 Å². The molecule has 1 aromatic heterocycles. The molecular formula is C9H12BrN3O2S. The molecule has 0 aromatic carbocycles. The number of amides is 2. The smallest absolute Gasteiger partial charge is 0.239 e. The van der Waals surface area contributed by atoms with E-state index in [0.29, 0.717) is 6.54 Å². The van der Waals surface area contributed by atoms with E-state index in [2.05, 4.69) is 26.6 Å². The predicted octanol–water partition coefficient (Wildman–Crippen LogP) is 0.202. The molecule has 0 atom stereocenters. The van der Waals surface area contributed by atoms with Crippen LogP contribution < -0.4 is 16.4 Å². The third kappa shape index (κ3) is 4.73. The summed E-state index contributed by atoms with van der Waals surface area (Å²) in [5.41, 5.74) is 5.08.